The fourth-order valence-electron chi connectivity index (χ4n) is 1.93. The standard InChI is InChI=1S/C12H15ClN2/c1-14-7-6-9-4-3-5-11-12(9)10(13)8-15(11)2/h3-5,8,14H,6-7H2,1-2H3. The first-order chi connectivity index (χ1) is 7.24. The van der Waals surface area contributed by atoms with Crippen molar-refractivity contribution < 1.29 is 0 Å². The van der Waals surface area contributed by atoms with Crippen LogP contribution in [0.4, 0.5) is 0 Å². The van der Waals surface area contributed by atoms with Gasteiger partial charge in [-0.1, -0.05) is 23.7 Å². The van der Waals surface area contributed by atoms with Crippen molar-refractivity contribution >= 4 is 22.5 Å². The van der Waals surface area contributed by atoms with E-state index in [1.54, 1.807) is 0 Å². The lowest BCUT2D eigenvalue weighted by atomic mass is 10.1. The lowest BCUT2D eigenvalue weighted by Gasteiger charge is -2.04. The van der Waals surface area contributed by atoms with E-state index in [0.29, 0.717) is 0 Å². The molecule has 3 heteroatoms. The number of hydrogen-bond acceptors (Lipinski definition) is 1. The second kappa shape index (κ2) is 4.25. The number of likely N-dealkylation sites (N-methyl/N-ethyl adjacent to an activating group) is 1. The monoisotopic (exact) mass is 222 g/mol. The van der Waals surface area contributed by atoms with Gasteiger partial charge in [0.25, 0.3) is 0 Å². The second-order valence-corrected chi connectivity index (χ2v) is 4.16. The van der Waals surface area contributed by atoms with Crippen LogP contribution in [0.5, 0.6) is 0 Å². The van der Waals surface area contributed by atoms with Crippen molar-refractivity contribution in [3.8, 4) is 0 Å². The Morgan fingerprint density at radius 1 is 1.40 bits per heavy atom. The molecule has 0 aliphatic carbocycles. The van der Waals surface area contributed by atoms with Crippen LogP contribution in [-0.4, -0.2) is 18.2 Å². The molecule has 0 saturated carbocycles. The van der Waals surface area contributed by atoms with Gasteiger partial charge in [0.15, 0.2) is 0 Å². The Bertz CT molecular complexity index is 474. The number of aromatic nitrogens is 1. The topological polar surface area (TPSA) is 17.0 Å². The maximum absolute atomic E-state index is 6.22. The van der Waals surface area contributed by atoms with Crippen LogP contribution in [0.25, 0.3) is 10.9 Å². The summed E-state index contributed by atoms with van der Waals surface area (Å²) < 4.78 is 2.07. The van der Waals surface area contributed by atoms with Crippen LogP contribution in [0.2, 0.25) is 5.02 Å². The third-order valence-electron chi connectivity index (χ3n) is 2.70. The number of hydrogen-bond donors (Lipinski definition) is 1. The highest BCUT2D eigenvalue weighted by atomic mass is 35.5. The third kappa shape index (κ3) is 1.87. The fourth-order valence-corrected chi connectivity index (χ4v) is 2.29. The van der Waals surface area contributed by atoms with Crippen molar-refractivity contribution in [2.75, 3.05) is 13.6 Å². The Kier molecular flexibility index (Phi) is 2.98. The van der Waals surface area contributed by atoms with Crippen LogP contribution < -0.4 is 5.32 Å². The molecule has 0 fully saturated rings. The molecule has 80 valence electrons. The number of aryl methyl sites for hydroxylation is 1. The molecule has 2 rings (SSSR count). The quantitative estimate of drug-likeness (QED) is 0.845. The van der Waals surface area contributed by atoms with Crippen LogP contribution in [-0.2, 0) is 13.5 Å². The first-order valence-electron chi connectivity index (χ1n) is 5.11. The van der Waals surface area contributed by atoms with Crippen molar-refractivity contribution in [1.29, 1.82) is 0 Å². The van der Waals surface area contributed by atoms with Crippen molar-refractivity contribution in [2.45, 2.75) is 6.42 Å². The van der Waals surface area contributed by atoms with Crippen molar-refractivity contribution in [3.05, 3.63) is 35.0 Å². The molecule has 0 amide bonds. The Balaban J connectivity index is 2.54. The van der Waals surface area contributed by atoms with E-state index in [4.69, 9.17) is 11.6 Å². The Morgan fingerprint density at radius 2 is 2.20 bits per heavy atom. The van der Waals surface area contributed by atoms with Gasteiger partial charge in [0.1, 0.15) is 0 Å². The summed E-state index contributed by atoms with van der Waals surface area (Å²) in [4.78, 5) is 0. The van der Waals surface area contributed by atoms with E-state index in [2.05, 4.69) is 28.1 Å². The SMILES string of the molecule is CNCCc1cccc2c1c(Cl)cn2C. The van der Waals surface area contributed by atoms with Crippen LogP contribution in [0.15, 0.2) is 24.4 Å². The van der Waals surface area contributed by atoms with E-state index in [0.717, 1.165) is 18.0 Å². The smallest absolute Gasteiger partial charge is 0.0664 e. The summed E-state index contributed by atoms with van der Waals surface area (Å²) in [6.07, 6.45) is 2.98. The molecule has 0 spiro atoms. The molecule has 1 heterocycles. The van der Waals surface area contributed by atoms with Gasteiger partial charge in [-0.15, -0.1) is 0 Å². The molecule has 0 saturated heterocycles. The highest BCUT2D eigenvalue weighted by Crippen LogP contribution is 2.28. The molecular weight excluding hydrogens is 208 g/mol. The van der Waals surface area contributed by atoms with Gasteiger partial charge in [-0.05, 0) is 31.6 Å². The van der Waals surface area contributed by atoms with E-state index in [1.165, 1.54) is 16.5 Å². The lowest BCUT2D eigenvalue weighted by molar-refractivity contribution is 0.795. The molecule has 0 atom stereocenters. The first-order valence-corrected chi connectivity index (χ1v) is 5.49. The van der Waals surface area contributed by atoms with E-state index in [-0.39, 0.29) is 0 Å². The molecule has 0 radical (unpaired) electrons. The van der Waals surface area contributed by atoms with Gasteiger partial charge in [-0.2, -0.15) is 0 Å². The first kappa shape index (κ1) is 10.5. The van der Waals surface area contributed by atoms with Crippen molar-refractivity contribution in [2.24, 2.45) is 7.05 Å². The molecule has 2 aromatic rings. The van der Waals surface area contributed by atoms with E-state index < -0.39 is 0 Å². The molecule has 0 aliphatic rings. The molecule has 15 heavy (non-hydrogen) atoms. The minimum Gasteiger partial charge on any atom is -0.349 e. The summed E-state index contributed by atoms with van der Waals surface area (Å²) in [7, 11) is 3.99. The van der Waals surface area contributed by atoms with Crippen LogP contribution in [0.1, 0.15) is 5.56 Å². The van der Waals surface area contributed by atoms with E-state index in [1.807, 2.05) is 20.3 Å². The Hall–Kier alpha value is -0.990. The maximum atomic E-state index is 6.22. The molecular formula is C12H15ClN2. The van der Waals surface area contributed by atoms with Crippen LogP contribution in [0, 0.1) is 0 Å². The summed E-state index contributed by atoms with van der Waals surface area (Å²) in [6, 6.07) is 6.33. The van der Waals surface area contributed by atoms with E-state index in [9.17, 15) is 0 Å². The average Bonchev–Trinajstić information content (AvgIpc) is 2.53. The molecule has 0 aliphatic heterocycles. The third-order valence-corrected chi connectivity index (χ3v) is 2.99. The average molecular weight is 223 g/mol. The van der Waals surface area contributed by atoms with Crippen LogP contribution in [0.3, 0.4) is 0 Å². The minimum absolute atomic E-state index is 0.846. The number of benzene rings is 1. The van der Waals surface area contributed by atoms with Gasteiger partial charge in [0, 0.05) is 24.1 Å². The summed E-state index contributed by atoms with van der Waals surface area (Å²) in [6.45, 7) is 0.977. The highest BCUT2D eigenvalue weighted by molar-refractivity contribution is 6.35. The van der Waals surface area contributed by atoms with Gasteiger partial charge in [0.2, 0.25) is 0 Å². The minimum atomic E-state index is 0.846. The predicted octanol–water partition coefficient (Wildman–Crippen LogP) is 2.59. The zero-order chi connectivity index (χ0) is 10.8. The highest BCUT2D eigenvalue weighted by Gasteiger charge is 2.08. The second-order valence-electron chi connectivity index (χ2n) is 3.75. The number of nitrogens with zero attached hydrogens (tertiary/aromatic N) is 1. The zero-order valence-electron chi connectivity index (χ0n) is 9.05. The summed E-state index contributed by atoms with van der Waals surface area (Å²) >= 11 is 6.22. The number of rotatable bonds is 3. The molecule has 1 aromatic carbocycles. The molecule has 0 unspecified atom stereocenters. The molecule has 1 N–H and O–H groups in total. The maximum Gasteiger partial charge on any atom is 0.0664 e. The van der Waals surface area contributed by atoms with Gasteiger partial charge in [-0.25, -0.2) is 0 Å². The summed E-state index contributed by atoms with van der Waals surface area (Å²) in [5.74, 6) is 0. The van der Waals surface area contributed by atoms with Crippen LogP contribution >= 0.6 is 11.6 Å². The number of halogens is 1. The lowest BCUT2D eigenvalue weighted by Crippen LogP contribution is -2.10. The molecule has 1 aromatic heterocycles. The van der Waals surface area contributed by atoms with Gasteiger partial charge in [0.05, 0.1) is 5.02 Å². The normalized spacial score (nSPS) is 11.1. The summed E-state index contributed by atoms with van der Waals surface area (Å²) in [5, 5.41) is 5.20. The number of nitrogens with one attached hydrogen (secondary N) is 1. The fraction of sp³-hybridized carbons (Fsp3) is 0.333. The number of fused-ring (bicyclic) bond motifs is 1. The van der Waals surface area contributed by atoms with E-state index >= 15 is 0 Å². The summed E-state index contributed by atoms with van der Waals surface area (Å²) in [5.41, 5.74) is 2.51. The molecule has 0 bridgehead atoms. The van der Waals surface area contributed by atoms with Gasteiger partial charge < -0.3 is 9.88 Å². The van der Waals surface area contributed by atoms with Crippen molar-refractivity contribution in [1.82, 2.24) is 9.88 Å². The van der Waals surface area contributed by atoms with Gasteiger partial charge in [-0.3, -0.25) is 0 Å². The Morgan fingerprint density at radius 3 is 2.93 bits per heavy atom. The largest absolute Gasteiger partial charge is 0.349 e. The van der Waals surface area contributed by atoms with Crippen molar-refractivity contribution in [3.63, 3.8) is 0 Å². The Labute approximate surface area is 94.8 Å². The molecule has 2 nitrogen and oxygen atoms in total. The zero-order valence-corrected chi connectivity index (χ0v) is 9.80. The predicted molar refractivity (Wildman–Crippen MR) is 65.6 cm³/mol. The van der Waals surface area contributed by atoms with Gasteiger partial charge >= 0.3 is 0 Å².